The van der Waals surface area contributed by atoms with E-state index in [1.807, 2.05) is 13.8 Å². The van der Waals surface area contributed by atoms with Crippen LogP contribution in [-0.4, -0.2) is 53.5 Å². The van der Waals surface area contributed by atoms with E-state index in [1.165, 1.54) is 4.90 Å². The normalized spacial score (nSPS) is 11.4. The molecule has 0 aliphatic carbocycles. The molecule has 0 saturated heterocycles. The van der Waals surface area contributed by atoms with Gasteiger partial charge < -0.3 is 4.90 Å². The fraction of sp³-hybridized carbons (Fsp3) is 0.625. The molecule has 0 unspecified atom stereocenters. The van der Waals surface area contributed by atoms with Gasteiger partial charge in [0.1, 0.15) is 6.33 Å². The number of hydrogen-bond donors (Lipinski definition) is 0. The summed E-state index contributed by atoms with van der Waals surface area (Å²) < 4.78 is 23.2. The van der Waals surface area contributed by atoms with Crippen molar-refractivity contribution in [3.05, 3.63) is 6.33 Å². The van der Waals surface area contributed by atoms with E-state index in [4.69, 9.17) is 0 Å². The zero-order valence-corrected chi connectivity index (χ0v) is 10.2. The molecule has 0 radical (unpaired) electrons. The Morgan fingerprint density at radius 2 is 2.00 bits per heavy atom. The lowest BCUT2D eigenvalue weighted by Gasteiger charge is -2.17. The Hall–Kier alpha value is -1.44. The highest BCUT2D eigenvalue weighted by atomic mass is 32.2. The summed E-state index contributed by atoms with van der Waals surface area (Å²) in [6.07, 6.45) is 2.10. The molecule has 0 aromatic carbocycles. The molecule has 0 aliphatic heterocycles. The van der Waals surface area contributed by atoms with Crippen molar-refractivity contribution in [3.63, 3.8) is 0 Å². The Kier molecular flexibility index (Phi) is 3.63. The second-order valence-electron chi connectivity index (χ2n) is 3.20. The highest BCUT2D eigenvalue weighted by Crippen LogP contribution is 2.01. The number of rotatable bonds is 3. The molecule has 1 rings (SSSR count). The monoisotopic (exact) mass is 246 g/mol. The maximum Gasteiger partial charge on any atom is 0.346 e. The first-order chi connectivity index (χ1) is 7.40. The van der Waals surface area contributed by atoms with Crippen LogP contribution in [0.25, 0.3) is 0 Å². The summed E-state index contributed by atoms with van der Waals surface area (Å²) >= 11 is 0. The molecule has 0 spiro atoms. The predicted octanol–water partition coefficient (Wildman–Crippen LogP) is -0.00850. The number of amides is 1. The Morgan fingerprint density at radius 1 is 1.44 bits per heavy atom. The van der Waals surface area contributed by atoms with Gasteiger partial charge in [0.15, 0.2) is 0 Å². The second-order valence-corrected chi connectivity index (χ2v) is 5.11. The summed E-state index contributed by atoms with van der Waals surface area (Å²) in [4.78, 5) is 16.8. The third-order valence-corrected chi connectivity index (χ3v) is 2.88. The molecule has 0 bridgehead atoms. The van der Waals surface area contributed by atoms with Crippen LogP contribution in [0.3, 0.4) is 0 Å². The van der Waals surface area contributed by atoms with Gasteiger partial charge in [-0.25, -0.2) is 18.2 Å². The van der Waals surface area contributed by atoms with Gasteiger partial charge in [0, 0.05) is 19.3 Å². The Labute approximate surface area is 94.0 Å². The van der Waals surface area contributed by atoms with Gasteiger partial charge in [-0.3, -0.25) is 0 Å². The van der Waals surface area contributed by atoms with Gasteiger partial charge in [0.25, 0.3) is 5.16 Å². The summed E-state index contributed by atoms with van der Waals surface area (Å²) in [6.45, 7) is 4.72. The van der Waals surface area contributed by atoms with E-state index in [1.54, 1.807) is 0 Å². The number of carbonyl (C=O) groups is 1. The molecule has 0 aliphatic rings. The van der Waals surface area contributed by atoms with Gasteiger partial charge in [0.05, 0.1) is 0 Å². The highest BCUT2D eigenvalue weighted by molar-refractivity contribution is 7.90. The van der Waals surface area contributed by atoms with Crippen molar-refractivity contribution in [1.82, 2.24) is 19.7 Å². The van der Waals surface area contributed by atoms with Gasteiger partial charge in [-0.2, -0.15) is 4.68 Å². The number of sulfone groups is 1. The van der Waals surface area contributed by atoms with E-state index < -0.39 is 9.84 Å². The van der Waals surface area contributed by atoms with Crippen LogP contribution in [0.4, 0.5) is 4.79 Å². The zero-order valence-electron chi connectivity index (χ0n) is 9.41. The fourth-order valence-electron chi connectivity index (χ4n) is 1.15. The Bertz CT molecular complexity index is 475. The lowest BCUT2D eigenvalue weighted by Crippen LogP contribution is -2.34. The molecule has 7 nitrogen and oxygen atoms in total. The molecule has 0 fully saturated rings. The number of aromatic nitrogens is 3. The van der Waals surface area contributed by atoms with Crippen molar-refractivity contribution >= 4 is 15.9 Å². The van der Waals surface area contributed by atoms with E-state index in [-0.39, 0.29) is 11.2 Å². The minimum atomic E-state index is -3.47. The van der Waals surface area contributed by atoms with Crippen molar-refractivity contribution in [1.29, 1.82) is 0 Å². The number of carbonyl (C=O) groups excluding carboxylic acids is 1. The van der Waals surface area contributed by atoms with Gasteiger partial charge in [-0.1, -0.05) is 0 Å². The van der Waals surface area contributed by atoms with E-state index >= 15 is 0 Å². The molecule has 1 amide bonds. The molecule has 1 aromatic heterocycles. The van der Waals surface area contributed by atoms with Crippen LogP contribution in [0.5, 0.6) is 0 Å². The average Bonchev–Trinajstić information content (AvgIpc) is 2.67. The molecule has 0 N–H and O–H groups in total. The van der Waals surface area contributed by atoms with Gasteiger partial charge in [-0.15, -0.1) is 5.10 Å². The zero-order chi connectivity index (χ0) is 12.3. The van der Waals surface area contributed by atoms with Crippen molar-refractivity contribution in [2.45, 2.75) is 19.0 Å². The van der Waals surface area contributed by atoms with Crippen LogP contribution < -0.4 is 0 Å². The predicted molar refractivity (Wildman–Crippen MR) is 56.8 cm³/mol. The van der Waals surface area contributed by atoms with Gasteiger partial charge in [-0.05, 0) is 13.8 Å². The van der Waals surface area contributed by atoms with Gasteiger partial charge >= 0.3 is 6.03 Å². The minimum absolute atomic E-state index is 0.340. The molecular weight excluding hydrogens is 232 g/mol. The number of hydrogen-bond acceptors (Lipinski definition) is 5. The van der Waals surface area contributed by atoms with E-state index in [0.717, 1.165) is 17.3 Å². The SMILES string of the molecule is CCN(CC)C(=O)n1cnc(S(C)(=O)=O)n1. The van der Waals surface area contributed by atoms with E-state index in [9.17, 15) is 13.2 Å². The average molecular weight is 246 g/mol. The first-order valence-electron chi connectivity index (χ1n) is 4.81. The largest absolute Gasteiger partial charge is 0.346 e. The van der Waals surface area contributed by atoms with Crippen LogP contribution in [0, 0.1) is 0 Å². The third kappa shape index (κ3) is 2.57. The first kappa shape index (κ1) is 12.6. The summed E-state index contributed by atoms with van der Waals surface area (Å²) in [5, 5.41) is 3.28. The Balaban J connectivity index is 2.99. The van der Waals surface area contributed by atoms with Crippen molar-refractivity contribution in [2.24, 2.45) is 0 Å². The van der Waals surface area contributed by atoms with E-state index in [0.29, 0.717) is 13.1 Å². The van der Waals surface area contributed by atoms with Crippen LogP contribution in [0.1, 0.15) is 13.8 Å². The lowest BCUT2D eigenvalue weighted by molar-refractivity contribution is 0.201. The van der Waals surface area contributed by atoms with E-state index in [2.05, 4.69) is 10.1 Å². The maximum absolute atomic E-state index is 11.7. The molecule has 90 valence electrons. The second kappa shape index (κ2) is 4.60. The fourth-order valence-corrected chi connectivity index (χ4v) is 1.62. The van der Waals surface area contributed by atoms with Crippen LogP contribution >= 0.6 is 0 Å². The molecule has 1 heterocycles. The number of nitrogens with zero attached hydrogens (tertiary/aromatic N) is 4. The molecule has 0 saturated carbocycles. The summed E-state index contributed by atoms with van der Waals surface area (Å²) in [6, 6.07) is -0.382. The summed E-state index contributed by atoms with van der Waals surface area (Å²) in [5.74, 6) is 0. The van der Waals surface area contributed by atoms with Crippen molar-refractivity contribution in [3.8, 4) is 0 Å². The standard InChI is InChI=1S/C8H14N4O3S/c1-4-11(5-2)8(13)12-6-9-7(10-12)16(3,14)15/h6H,4-5H2,1-3H3. The van der Waals surface area contributed by atoms with Crippen LogP contribution in [0.15, 0.2) is 11.5 Å². The Morgan fingerprint density at radius 3 is 2.38 bits per heavy atom. The topological polar surface area (TPSA) is 85.2 Å². The van der Waals surface area contributed by atoms with Gasteiger partial charge in [0.2, 0.25) is 9.84 Å². The minimum Gasteiger partial charge on any atom is -0.323 e. The molecule has 16 heavy (non-hydrogen) atoms. The maximum atomic E-state index is 11.7. The van der Waals surface area contributed by atoms with Crippen LogP contribution in [-0.2, 0) is 9.84 Å². The van der Waals surface area contributed by atoms with Crippen molar-refractivity contribution < 1.29 is 13.2 Å². The first-order valence-corrected chi connectivity index (χ1v) is 6.70. The summed E-state index contributed by atoms with van der Waals surface area (Å²) in [7, 11) is -3.47. The summed E-state index contributed by atoms with van der Waals surface area (Å²) in [5.41, 5.74) is 0. The van der Waals surface area contributed by atoms with Crippen molar-refractivity contribution in [2.75, 3.05) is 19.3 Å². The lowest BCUT2D eigenvalue weighted by atomic mass is 10.5. The molecule has 0 atom stereocenters. The highest BCUT2D eigenvalue weighted by Gasteiger charge is 2.18. The molecule has 8 heteroatoms. The molecule has 1 aromatic rings. The third-order valence-electron chi connectivity index (χ3n) is 2.03. The smallest absolute Gasteiger partial charge is 0.323 e. The molecular formula is C8H14N4O3S. The quantitative estimate of drug-likeness (QED) is 0.749. The van der Waals surface area contributed by atoms with Crippen LogP contribution in [0.2, 0.25) is 0 Å².